The van der Waals surface area contributed by atoms with Crippen LogP contribution in [0.15, 0.2) is 34.9 Å². The zero-order chi connectivity index (χ0) is 19.5. The van der Waals surface area contributed by atoms with E-state index < -0.39 is 11.7 Å². The summed E-state index contributed by atoms with van der Waals surface area (Å²) in [4.78, 5) is 18.9. The Hall–Kier alpha value is -2.08. The molecule has 2 rings (SSSR count). The number of benzene rings is 1. The van der Waals surface area contributed by atoms with E-state index >= 15 is 0 Å². The maximum absolute atomic E-state index is 12.8. The number of ether oxygens (including phenoxy) is 2. The molecule has 0 N–H and O–H groups in total. The molecule has 1 aromatic carbocycles. The molecule has 6 heteroatoms. The normalized spacial score (nSPS) is 11.2. The minimum atomic E-state index is -0.589. The van der Waals surface area contributed by atoms with Crippen LogP contribution >= 0.6 is 15.9 Å². The Morgan fingerprint density at radius 1 is 1.27 bits per heavy atom. The summed E-state index contributed by atoms with van der Waals surface area (Å²) in [5.74, 6) is 0.786. The number of aryl methyl sites for hydroxylation is 1. The molecule has 0 atom stereocenters. The molecule has 1 aromatic heterocycles. The molecule has 1 amide bonds. The molecule has 26 heavy (non-hydrogen) atoms. The molecule has 0 aliphatic carbocycles. The van der Waals surface area contributed by atoms with Crippen LogP contribution in [0.4, 0.5) is 10.5 Å². The van der Waals surface area contributed by atoms with Gasteiger partial charge in [-0.25, -0.2) is 4.79 Å². The predicted molar refractivity (Wildman–Crippen MR) is 107 cm³/mol. The lowest BCUT2D eigenvalue weighted by Crippen LogP contribution is -2.37. The van der Waals surface area contributed by atoms with Crippen molar-refractivity contribution in [3.05, 3.63) is 51.8 Å². The molecule has 0 fully saturated rings. The first-order valence-corrected chi connectivity index (χ1v) is 9.17. The van der Waals surface area contributed by atoms with Gasteiger partial charge in [0.1, 0.15) is 11.4 Å². The highest BCUT2D eigenvalue weighted by Gasteiger charge is 2.25. The van der Waals surface area contributed by atoms with Crippen LogP contribution in [0.2, 0.25) is 0 Å². The molecular formula is C20H25BrN2O3. The second-order valence-corrected chi connectivity index (χ2v) is 8.01. The number of hydrogen-bond acceptors (Lipinski definition) is 4. The van der Waals surface area contributed by atoms with Crippen molar-refractivity contribution in [2.45, 2.75) is 46.8 Å². The summed E-state index contributed by atoms with van der Waals surface area (Å²) in [5, 5.41) is 0. The van der Waals surface area contributed by atoms with E-state index in [0.29, 0.717) is 0 Å². The van der Waals surface area contributed by atoms with Crippen LogP contribution in [0.3, 0.4) is 0 Å². The Morgan fingerprint density at radius 2 is 1.96 bits per heavy atom. The van der Waals surface area contributed by atoms with E-state index in [9.17, 15) is 4.79 Å². The van der Waals surface area contributed by atoms with E-state index in [2.05, 4.69) is 20.9 Å². The van der Waals surface area contributed by atoms with Gasteiger partial charge in [0.05, 0.1) is 19.3 Å². The fourth-order valence-corrected chi connectivity index (χ4v) is 2.99. The number of aromatic nitrogens is 1. The van der Waals surface area contributed by atoms with E-state index in [1.807, 2.05) is 58.9 Å². The number of nitrogens with zero attached hydrogens (tertiary/aromatic N) is 2. The number of amides is 1. The first-order valence-electron chi connectivity index (χ1n) is 8.37. The largest absolute Gasteiger partial charge is 0.496 e. The first-order chi connectivity index (χ1) is 12.1. The quantitative estimate of drug-likeness (QED) is 0.662. The smallest absolute Gasteiger partial charge is 0.415 e. The standard InChI is InChI=1S/C20H25BrN2O3/c1-13-11-22-17(14(2)18(13)25-6)12-23(19(24)26-20(3,4)5)16-9-7-8-15(21)10-16/h7-11H,12H2,1-6H3. The van der Waals surface area contributed by atoms with Crippen molar-refractivity contribution in [2.75, 3.05) is 12.0 Å². The highest BCUT2D eigenvalue weighted by atomic mass is 79.9. The van der Waals surface area contributed by atoms with E-state index in [4.69, 9.17) is 9.47 Å². The van der Waals surface area contributed by atoms with Crippen molar-refractivity contribution in [3.8, 4) is 5.75 Å². The Labute approximate surface area is 163 Å². The van der Waals surface area contributed by atoms with Gasteiger partial charge in [0.15, 0.2) is 0 Å². The fourth-order valence-electron chi connectivity index (χ4n) is 2.60. The summed E-state index contributed by atoms with van der Waals surface area (Å²) < 4.78 is 12.0. The predicted octanol–water partition coefficient (Wildman–Crippen LogP) is 5.41. The topological polar surface area (TPSA) is 51.7 Å². The maximum atomic E-state index is 12.8. The number of methoxy groups -OCH3 is 1. The summed E-state index contributed by atoms with van der Waals surface area (Å²) >= 11 is 3.46. The molecule has 0 spiro atoms. The van der Waals surface area contributed by atoms with Gasteiger partial charge in [0.25, 0.3) is 0 Å². The van der Waals surface area contributed by atoms with Crippen molar-refractivity contribution in [2.24, 2.45) is 0 Å². The second kappa shape index (κ2) is 8.08. The Balaban J connectivity index is 2.44. The number of carbonyl (C=O) groups is 1. The number of pyridine rings is 1. The summed E-state index contributed by atoms with van der Waals surface area (Å²) in [7, 11) is 1.64. The van der Waals surface area contributed by atoms with Crippen LogP contribution in [0.25, 0.3) is 0 Å². The third kappa shape index (κ3) is 4.97. The van der Waals surface area contributed by atoms with Crippen molar-refractivity contribution in [1.29, 1.82) is 0 Å². The average Bonchev–Trinajstić information content (AvgIpc) is 2.53. The van der Waals surface area contributed by atoms with Crippen molar-refractivity contribution in [3.63, 3.8) is 0 Å². The number of rotatable bonds is 4. The summed E-state index contributed by atoms with van der Waals surface area (Å²) in [5.41, 5.74) is 2.78. The van der Waals surface area contributed by atoms with Gasteiger partial charge in [-0.15, -0.1) is 0 Å². The molecule has 0 saturated heterocycles. The highest BCUT2D eigenvalue weighted by Crippen LogP contribution is 2.28. The van der Waals surface area contributed by atoms with Crippen LogP contribution in [0.5, 0.6) is 5.75 Å². The third-order valence-electron chi connectivity index (χ3n) is 3.79. The minimum absolute atomic E-state index is 0.286. The van der Waals surface area contributed by atoms with Gasteiger partial charge in [-0.3, -0.25) is 9.88 Å². The summed E-state index contributed by atoms with van der Waals surface area (Å²) in [6.45, 7) is 9.73. The lowest BCUT2D eigenvalue weighted by atomic mass is 10.1. The molecule has 1 heterocycles. The minimum Gasteiger partial charge on any atom is -0.496 e. The van der Waals surface area contributed by atoms with Crippen molar-refractivity contribution in [1.82, 2.24) is 4.98 Å². The second-order valence-electron chi connectivity index (χ2n) is 7.09. The molecular weight excluding hydrogens is 396 g/mol. The lowest BCUT2D eigenvalue weighted by molar-refractivity contribution is 0.0577. The van der Waals surface area contributed by atoms with Crippen LogP contribution in [-0.4, -0.2) is 23.8 Å². The van der Waals surface area contributed by atoms with Crippen LogP contribution in [0, 0.1) is 13.8 Å². The molecule has 140 valence electrons. The zero-order valence-corrected chi connectivity index (χ0v) is 17.7. The summed E-state index contributed by atoms with van der Waals surface area (Å²) in [6.07, 6.45) is 1.34. The molecule has 0 aliphatic rings. The third-order valence-corrected chi connectivity index (χ3v) is 4.28. The first kappa shape index (κ1) is 20.2. The number of hydrogen-bond donors (Lipinski definition) is 0. The molecule has 0 saturated carbocycles. The van der Waals surface area contributed by atoms with E-state index in [1.165, 1.54) is 0 Å². The molecule has 0 bridgehead atoms. The van der Waals surface area contributed by atoms with Crippen molar-refractivity contribution < 1.29 is 14.3 Å². The van der Waals surface area contributed by atoms with Crippen LogP contribution in [0.1, 0.15) is 37.6 Å². The Bertz CT molecular complexity index is 800. The van der Waals surface area contributed by atoms with Gasteiger partial charge in [-0.2, -0.15) is 0 Å². The maximum Gasteiger partial charge on any atom is 0.415 e. The Morgan fingerprint density at radius 3 is 2.54 bits per heavy atom. The molecule has 5 nitrogen and oxygen atoms in total. The van der Waals surface area contributed by atoms with Crippen LogP contribution < -0.4 is 9.64 Å². The average molecular weight is 421 g/mol. The number of anilines is 1. The van der Waals surface area contributed by atoms with Gasteiger partial charge in [-0.1, -0.05) is 22.0 Å². The van der Waals surface area contributed by atoms with Gasteiger partial charge in [0, 0.05) is 27.5 Å². The van der Waals surface area contributed by atoms with Gasteiger partial charge >= 0.3 is 6.09 Å². The molecule has 0 aliphatic heterocycles. The lowest BCUT2D eigenvalue weighted by Gasteiger charge is -2.28. The molecule has 2 aromatic rings. The van der Waals surface area contributed by atoms with Gasteiger partial charge in [-0.05, 0) is 52.8 Å². The Kier molecular flexibility index (Phi) is 6.29. The van der Waals surface area contributed by atoms with E-state index in [1.54, 1.807) is 18.2 Å². The SMILES string of the molecule is COc1c(C)cnc(CN(C(=O)OC(C)(C)C)c2cccc(Br)c2)c1C. The molecule has 0 radical (unpaired) electrons. The molecule has 0 unspecified atom stereocenters. The highest BCUT2D eigenvalue weighted by molar-refractivity contribution is 9.10. The summed E-state index contributed by atoms with van der Waals surface area (Å²) in [6, 6.07) is 7.54. The van der Waals surface area contributed by atoms with Crippen molar-refractivity contribution >= 4 is 27.7 Å². The van der Waals surface area contributed by atoms with E-state index in [-0.39, 0.29) is 6.54 Å². The number of carbonyl (C=O) groups excluding carboxylic acids is 1. The fraction of sp³-hybridized carbons (Fsp3) is 0.400. The van der Waals surface area contributed by atoms with Crippen LogP contribution in [-0.2, 0) is 11.3 Å². The van der Waals surface area contributed by atoms with Gasteiger partial charge in [0.2, 0.25) is 0 Å². The number of halogens is 1. The van der Waals surface area contributed by atoms with Gasteiger partial charge < -0.3 is 9.47 Å². The monoisotopic (exact) mass is 420 g/mol. The zero-order valence-electron chi connectivity index (χ0n) is 16.1. The van der Waals surface area contributed by atoms with E-state index in [0.717, 1.165) is 32.7 Å².